The molecule has 0 aliphatic heterocycles. The van der Waals surface area contributed by atoms with Gasteiger partial charge in [0.05, 0.1) is 14.2 Å². The largest absolute Gasteiger partial charge is 0.497 e. The van der Waals surface area contributed by atoms with Crippen molar-refractivity contribution in [3.05, 3.63) is 30.5 Å². The Balaban J connectivity index is 2.06. The minimum Gasteiger partial charge on any atom is -0.497 e. The molecule has 2 amide bonds. The van der Waals surface area contributed by atoms with Crippen molar-refractivity contribution in [2.24, 2.45) is 0 Å². The number of amides is 2. The van der Waals surface area contributed by atoms with Crippen molar-refractivity contribution < 1.29 is 14.3 Å². The average Bonchev–Trinajstić information content (AvgIpc) is 2.79. The lowest BCUT2D eigenvalue weighted by Crippen LogP contribution is -2.43. The molecule has 178 valence electrons. The van der Waals surface area contributed by atoms with Crippen molar-refractivity contribution in [2.75, 3.05) is 31.4 Å². The number of methoxy groups -OCH3 is 2. The Labute approximate surface area is 199 Å². The standard InChI is InChI=1S/C25H30N6O3/c1-7-8-9-10-26-23-27-15-17-13-20(16-11-18(33-5)14-19(12-16)34-6)22(28-21(17)29-23)30-24(32)31-25(2,3)4/h1,11-15H,8-10H2,2-6H3,(H3,26,27,28,29,30,31,32). The van der Waals surface area contributed by atoms with E-state index >= 15 is 0 Å². The molecule has 34 heavy (non-hydrogen) atoms. The summed E-state index contributed by atoms with van der Waals surface area (Å²) in [6.45, 7) is 6.36. The lowest BCUT2D eigenvalue weighted by Gasteiger charge is -2.21. The number of unbranched alkanes of at least 4 members (excludes halogenated alkanes) is 1. The van der Waals surface area contributed by atoms with Crippen LogP contribution in [0.25, 0.3) is 22.2 Å². The van der Waals surface area contributed by atoms with Crippen molar-refractivity contribution in [1.29, 1.82) is 0 Å². The van der Waals surface area contributed by atoms with Gasteiger partial charge in [-0.2, -0.15) is 4.98 Å². The van der Waals surface area contributed by atoms with Crippen LogP contribution in [0.5, 0.6) is 11.5 Å². The Kier molecular flexibility index (Phi) is 7.74. The fourth-order valence-electron chi connectivity index (χ4n) is 3.20. The number of nitrogens with zero attached hydrogens (tertiary/aromatic N) is 3. The smallest absolute Gasteiger partial charge is 0.320 e. The summed E-state index contributed by atoms with van der Waals surface area (Å²) in [7, 11) is 3.16. The third-order valence-corrected chi connectivity index (χ3v) is 4.73. The molecule has 0 spiro atoms. The number of anilines is 2. The number of fused-ring (bicyclic) bond motifs is 1. The molecule has 0 aliphatic rings. The first-order chi connectivity index (χ1) is 16.2. The van der Waals surface area contributed by atoms with Crippen LogP contribution in [0.3, 0.4) is 0 Å². The molecule has 0 fully saturated rings. The van der Waals surface area contributed by atoms with Gasteiger partial charge in [0, 0.05) is 41.7 Å². The number of ether oxygens (including phenoxy) is 2. The quantitative estimate of drug-likeness (QED) is 0.335. The van der Waals surface area contributed by atoms with Gasteiger partial charge in [0.15, 0.2) is 5.65 Å². The Morgan fingerprint density at radius 3 is 2.41 bits per heavy atom. The van der Waals surface area contributed by atoms with Crippen molar-refractivity contribution in [3.63, 3.8) is 0 Å². The van der Waals surface area contributed by atoms with E-state index in [1.54, 1.807) is 26.5 Å². The molecule has 1 aromatic carbocycles. The zero-order valence-electron chi connectivity index (χ0n) is 20.2. The van der Waals surface area contributed by atoms with E-state index < -0.39 is 5.54 Å². The minimum absolute atomic E-state index is 0.349. The van der Waals surface area contributed by atoms with Gasteiger partial charge in [-0.25, -0.2) is 14.8 Å². The predicted octanol–water partition coefficient (Wildman–Crippen LogP) is 4.45. The van der Waals surface area contributed by atoms with E-state index in [0.717, 1.165) is 12.0 Å². The van der Waals surface area contributed by atoms with Crippen molar-refractivity contribution in [1.82, 2.24) is 20.3 Å². The maximum absolute atomic E-state index is 12.7. The summed E-state index contributed by atoms with van der Waals surface area (Å²) < 4.78 is 10.8. The second-order valence-corrected chi connectivity index (χ2v) is 8.66. The van der Waals surface area contributed by atoms with Crippen LogP contribution in [0.15, 0.2) is 30.5 Å². The van der Waals surface area contributed by atoms with Gasteiger partial charge < -0.3 is 20.1 Å². The van der Waals surface area contributed by atoms with Crippen molar-refractivity contribution >= 4 is 28.8 Å². The number of hydrogen-bond acceptors (Lipinski definition) is 7. The number of urea groups is 1. The summed E-state index contributed by atoms with van der Waals surface area (Å²) in [5.74, 6) is 4.62. The molecular formula is C25H30N6O3. The van der Waals surface area contributed by atoms with Gasteiger partial charge >= 0.3 is 6.03 Å². The minimum atomic E-state index is -0.419. The molecule has 0 bridgehead atoms. The van der Waals surface area contributed by atoms with Crippen LogP contribution in [-0.2, 0) is 0 Å². The third kappa shape index (κ3) is 6.48. The highest BCUT2D eigenvalue weighted by atomic mass is 16.5. The van der Waals surface area contributed by atoms with Gasteiger partial charge in [0.25, 0.3) is 0 Å². The lowest BCUT2D eigenvalue weighted by molar-refractivity contribution is 0.243. The first-order valence-corrected chi connectivity index (χ1v) is 10.9. The van der Waals surface area contributed by atoms with Crippen LogP contribution in [0.4, 0.5) is 16.6 Å². The topological polar surface area (TPSA) is 110 Å². The summed E-state index contributed by atoms with van der Waals surface area (Å²) in [5, 5.41) is 9.62. The highest BCUT2D eigenvalue weighted by molar-refractivity contribution is 5.96. The van der Waals surface area contributed by atoms with Crippen LogP contribution in [-0.4, -0.2) is 47.3 Å². The van der Waals surface area contributed by atoms with Crippen molar-refractivity contribution in [2.45, 2.75) is 39.2 Å². The highest BCUT2D eigenvalue weighted by Crippen LogP contribution is 2.35. The molecule has 9 nitrogen and oxygen atoms in total. The van der Waals surface area contributed by atoms with Crippen molar-refractivity contribution in [3.8, 4) is 35.0 Å². The average molecular weight is 463 g/mol. The molecular weight excluding hydrogens is 432 g/mol. The maximum atomic E-state index is 12.7. The fraction of sp³-hybridized carbons (Fsp3) is 0.360. The molecule has 0 radical (unpaired) electrons. The SMILES string of the molecule is C#CCCCNc1ncc2cc(-c3cc(OC)cc(OC)c3)c(NC(=O)NC(C)(C)C)nc2n1. The van der Waals surface area contributed by atoms with E-state index in [4.69, 9.17) is 15.9 Å². The molecule has 0 atom stereocenters. The number of aromatic nitrogens is 3. The van der Waals surface area contributed by atoms with E-state index in [0.29, 0.717) is 52.8 Å². The lowest BCUT2D eigenvalue weighted by atomic mass is 10.0. The van der Waals surface area contributed by atoms with Gasteiger partial charge in [-0.05, 0) is 51.0 Å². The Bertz CT molecular complexity index is 1190. The number of rotatable bonds is 8. The number of nitrogens with one attached hydrogen (secondary N) is 3. The second-order valence-electron chi connectivity index (χ2n) is 8.66. The van der Waals surface area contributed by atoms with Gasteiger partial charge in [-0.15, -0.1) is 12.3 Å². The van der Waals surface area contributed by atoms with Crippen LogP contribution in [0, 0.1) is 12.3 Å². The molecule has 3 aromatic rings. The van der Waals surface area contributed by atoms with Gasteiger partial charge in [0.2, 0.25) is 5.95 Å². The van der Waals surface area contributed by atoms with Crippen LogP contribution in [0.1, 0.15) is 33.6 Å². The summed E-state index contributed by atoms with van der Waals surface area (Å²) in [6.07, 6.45) is 8.47. The number of carbonyl (C=O) groups excluding carboxylic acids is 1. The Morgan fingerprint density at radius 1 is 1.09 bits per heavy atom. The Morgan fingerprint density at radius 2 is 1.79 bits per heavy atom. The number of hydrogen-bond donors (Lipinski definition) is 3. The number of benzene rings is 1. The van der Waals surface area contributed by atoms with E-state index in [-0.39, 0.29) is 6.03 Å². The first-order valence-electron chi connectivity index (χ1n) is 10.9. The fourth-order valence-corrected chi connectivity index (χ4v) is 3.20. The van der Waals surface area contributed by atoms with Gasteiger partial charge in [0.1, 0.15) is 17.3 Å². The zero-order valence-corrected chi connectivity index (χ0v) is 20.2. The first kappa shape index (κ1) is 24.6. The molecule has 0 aliphatic carbocycles. The van der Waals surface area contributed by atoms with Gasteiger partial charge in [-0.3, -0.25) is 5.32 Å². The van der Waals surface area contributed by atoms with E-state index in [2.05, 4.69) is 36.8 Å². The molecule has 3 rings (SSSR count). The van der Waals surface area contributed by atoms with Gasteiger partial charge in [-0.1, -0.05) is 0 Å². The number of pyridine rings is 1. The zero-order chi connectivity index (χ0) is 24.7. The molecule has 3 N–H and O–H groups in total. The molecule has 9 heteroatoms. The third-order valence-electron chi connectivity index (χ3n) is 4.73. The number of carbonyl (C=O) groups is 1. The summed E-state index contributed by atoms with van der Waals surface area (Å²) >= 11 is 0. The highest BCUT2D eigenvalue weighted by Gasteiger charge is 2.18. The Hall–Kier alpha value is -4.06. The molecule has 0 saturated heterocycles. The second kappa shape index (κ2) is 10.7. The van der Waals surface area contributed by atoms with Crippen LogP contribution < -0.4 is 25.4 Å². The van der Waals surface area contributed by atoms with Crippen LogP contribution >= 0.6 is 0 Å². The predicted molar refractivity (Wildman–Crippen MR) is 134 cm³/mol. The molecule has 2 heterocycles. The summed E-state index contributed by atoms with van der Waals surface area (Å²) in [4.78, 5) is 26.2. The monoisotopic (exact) mass is 462 g/mol. The summed E-state index contributed by atoms with van der Waals surface area (Å²) in [6, 6.07) is 6.97. The molecule has 0 saturated carbocycles. The molecule has 0 unspecified atom stereocenters. The van der Waals surface area contributed by atoms with E-state index in [9.17, 15) is 4.79 Å². The van der Waals surface area contributed by atoms with Crippen LogP contribution in [0.2, 0.25) is 0 Å². The normalized spacial score (nSPS) is 10.9. The maximum Gasteiger partial charge on any atom is 0.320 e. The number of terminal acetylenes is 1. The summed E-state index contributed by atoms with van der Waals surface area (Å²) in [5.41, 5.74) is 1.46. The van der Waals surface area contributed by atoms with E-state index in [1.807, 2.05) is 39.0 Å². The van der Waals surface area contributed by atoms with E-state index in [1.165, 1.54) is 0 Å². The molecule has 2 aromatic heterocycles.